The van der Waals surface area contributed by atoms with Gasteiger partial charge in [0, 0.05) is 31.2 Å². The Bertz CT molecular complexity index is 673. The van der Waals surface area contributed by atoms with Crippen LogP contribution in [0, 0.1) is 6.92 Å². The van der Waals surface area contributed by atoms with Gasteiger partial charge in [-0.1, -0.05) is 0 Å². The van der Waals surface area contributed by atoms with E-state index in [1.54, 1.807) is 0 Å². The largest absolute Gasteiger partial charge is 0.358 e. The van der Waals surface area contributed by atoms with Crippen molar-refractivity contribution >= 4 is 23.4 Å². The van der Waals surface area contributed by atoms with Gasteiger partial charge in [0.25, 0.3) is 0 Å². The molecule has 0 aromatic carbocycles. The highest BCUT2D eigenvalue weighted by Crippen LogP contribution is 2.36. The van der Waals surface area contributed by atoms with E-state index >= 15 is 0 Å². The van der Waals surface area contributed by atoms with Gasteiger partial charge >= 0.3 is 0 Å². The molecule has 1 unspecified atom stereocenters. The first-order valence-electron chi connectivity index (χ1n) is 7.14. The van der Waals surface area contributed by atoms with E-state index in [4.69, 9.17) is 0 Å². The lowest BCUT2D eigenvalue weighted by Crippen LogP contribution is -2.53. The van der Waals surface area contributed by atoms with Gasteiger partial charge in [0.1, 0.15) is 6.17 Å². The summed E-state index contributed by atoms with van der Waals surface area (Å²) in [4.78, 5) is 10.0. The molecule has 1 aliphatic heterocycles. The van der Waals surface area contributed by atoms with Crippen LogP contribution >= 0.6 is 0 Å². The molecule has 0 radical (unpaired) electrons. The van der Waals surface area contributed by atoms with Crippen molar-refractivity contribution in [3.8, 4) is 0 Å². The second-order valence-corrected chi connectivity index (χ2v) is 6.42. The van der Waals surface area contributed by atoms with Crippen LogP contribution in [0.25, 0.3) is 0 Å². The number of anilines is 2. The standard InChI is InChI=1S/C15H22N6/c1-10-11(9-20(5)19-10)18-13-8-17-14-12(6-7-16-14)21(13)15(2,3)4/h6-9,13,16,18H,1-5H3. The van der Waals surface area contributed by atoms with Crippen LogP contribution in [0.1, 0.15) is 26.5 Å². The number of fused-ring (bicyclic) bond motifs is 1. The molecule has 2 aromatic heterocycles. The summed E-state index contributed by atoms with van der Waals surface area (Å²) in [5, 5.41) is 7.92. The number of aryl methyl sites for hydroxylation is 2. The first-order chi connectivity index (χ1) is 9.86. The molecule has 0 saturated carbocycles. The molecule has 3 heterocycles. The van der Waals surface area contributed by atoms with Crippen LogP contribution in [0.15, 0.2) is 23.5 Å². The zero-order valence-corrected chi connectivity index (χ0v) is 13.2. The van der Waals surface area contributed by atoms with Gasteiger partial charge in [-0.25, -0.2) is 4.99 Å². The fourth-order valence-electron chi connectivity index (χ4n) is 2.79. The Balaban J connectivity index is 1.96. The van der Waals surface area contributed by atoms with Crippen molar-refractivity contribution in [2.24, 2.45) is 12.0 Å². The van der Waals surface area contributed by atoms with Crippen LogP contribution < -0.4 is 10.2 Å². The van der Waals surface area contributed by atoms with E-state index in [-0.39, 0.29) is 11.7 Å². The van der Waals surface area contributed by atoms with Crippen LogP contribution in [0.3, 0.4) is 0 Å². The summed E-state index contributed by atoms with van der Waals surface area (Å²) >= 11 is 0. The third kappa shape index (κ3) is 2.41. The molecular weight excluding hydrogens is 264 g/mol. The number of rotatable bonds is 2. The van der Waals surface area contributed by atoms with E-state index < -0.39 is 0 Å². The second-order valence-electron chi connectivity index (χ2n) is 6.42. The van der Waals surface area contributed by atoms with Crippen molar-refractivity contribution in [2.75, 3.05) is 10.2 Å². The number of hydrogen-bond donors (Lipinski definition) is 2. The fourth-order valence-corrected chi connectivity index (χ4v) is 2.79. The zero-order valence-electron chi connectivity index (χ0n) is 13.2. The van der Waals surface area contributed by atoms with Gasteiger partial charge in [0.05, 0.1) is 17.1 Å². The molecule has 2 N–H and O–H groups in total. The predicted octanol–water partition coefficient (Wildman–Crippen LogP) is 2.82. The van der Waals surface area contributed by atoms with E-state index in [1.165, 1.54) is 0 Å². The maximum atomic E-state index is 4.52. The Morgan fingerprint density at radius 2 is 2.10 bits per heavy atom. The van der Waals surface area contributed by atoms with Gasteiger partial charge in [0.15, 0.2) is 5.82 Å². The van der Waals surface area contributed by atoms with E-state index in [0.29, 0.717) is 0 Å². The number of aromatic amines is 1. The number of nitrogens with one attached hydrogen (secondary N) is 2. The lowest BCUT2D eigenvalue weighted by atomic mass is 10.0. The first kappa shape index (κ1) is 13.7. The molecule has 3 rings (SSSR count). The number of aromatic nitrogens is 3. The van der Waals surface area contributed by atoms with Crippen molar-refractivity contribution in [3.05, 3.63) is 24.2 Å². The van der Waals surface area contributed by atoms with Gasteiger partial charge in [-0.05, 0) is 33.8 Å². The summed E-state index contributed by atoms with van der Waals surface area (Å²) in [5.41, 5.74) is 3.10. The Morgan fingerprint density at radius 1 is 1.33 bits per heavy atom. The Morgan fingerprint density at radius 3 is 2.71 bits per heavy atom. The van der Waals surface area contributed by atoms with Crippen molar-refractivity contribution in [3.63, 3.8) is 0 Å². The number of hydrogen-bond acceptors (Lipinski definition) is 4. The van der Waals surface area contributed by atoms with Crippen LogP contribution in [-0.4, -0.2) is 32.7 Å². The lowest BCUT2D eigenvalue weighted by Gasteiger charge is -2.43. The van der Waals surface area contributed by atoms with Gasteiger partial charge in [0.2, 0.25) is 0 Å². The van der Waals surface area contributed by atoms with E-state index in [1.807, 2.05) is 37.3 Å². The second kappa shape index (κ2) is 4.65. The highest BCUT2D eigenvalue weighted by molar-refractivity contribution is 5.85. The molecule has 0 spiro atoms. The van der Waals surface area contributed by atoms with Crippen LogP contribution in [-0.2, 0) is 7.05 Å². The van der Waals surface area contributed by atoms with Crippen LogP contribution in [0.2, 0.25) is 0 Å². The van der Waals surface area contributed by atoms with E-state index in [2.05, 4.69) is 52.1 Å². The van der Waals surface area contributed by atoms with Crippen molar-refractivity contribution < 1.29 is 0 Å². The minimum absolute atomic E-state index is 0.00352. The van der Waals surface area contributed by atoms with Crippen LogP contribution in [0.4, 0.5) is 17.2 Å². The number of H-pyrrole nitrogens is 1. The predicted molar refractivity (Wildman–Crippen MR) is 86.5 cm³/mol. The Labute approximate surface area is 124 Å². The molecule has 6 heteroatoms. The molecule has 2 aromatic rings. The average molecular weight is 286 g/mol. The number of nitrogens with zero attached hydrogens (tertiary/aromatic N) is 4. The van der Waals surface area contributed by atoms with Crippen molar-refractivity contribution in [1.29, 1.82) is 0 Å². The summed E-state index contributed by atoms with van der Waals surface area (Å²) in [7, 11) is 1.93. The topological polar surface area (TPSA) is 61.2 Å². The summed E-state index contributed by atoms with van der Waals surface area (Å²) in [5.74, 6) is 0.908. The molecule has 0 aliphatic carbocycles. The monoisotopic (exact) mass is 286 g/mol. The van der Waals surface area contributed by atoms with Crippen molar-refractivity contribution in [2.45, 2.75) is 39.4 Å². The minimum atomic E-state index is -0.0306. The Hall–Kier alpha value is -2.24. The molecule has 1 atom stereocenters. The molecule has 112 valence electrons. The highest BCUT2D eigenvalue weighted by Gasteiger charge is 2.33. The third-order valence-corrected chi connectivity index (χ3v) is 3.63. The summed E-state index contributed by atoms with van der Waals surface area (Å²) < 4.78 is 1.82. The SMILES string of the molecule is Cc1nn(C)cc1NC1C=Nc2[nH]ccc2N1C(C)(C)C. The molecule has 0 amide bonds. The fraction of sp³-hybridized carbons (Fsp3) is 0.467. The summed E-state index contributed by atoms with van der Waals surface area (Å²) in [6, 6.07) is 2.07. The van der Waals surface area contributed by atoms with E-state index in [9.17, 15) is 0 Å². The first-order valence-corrected chi connectivity index (χ1v) is 7.14. The summed E-state index contributed by atoms with van der Waals surface area (Å²) in [6.07, 6.45) is 5.86. The normalized spacial score (nSPS) is 18.0. The lowest BCUT2D eigenvalue weighted by molar-refractivity contribution is 0.494. The van der Waals surface area contributed by atoms with Gasteiger partial charge in [-0.15, -0.1) is 0 Å². The third-order valence-electron chi connectivity index (χ3n) is 3.63. The van der Waals surface area contributed by atoms with Gasteiger partial charge in [-0.2, -0.15) is 5.10 Å². The highest BCUT2D eigenvalue weighted by atomic mass is 15.4. The average Bonchev–Trinajstić information content (AvgIpc) is 2.94. The molecule has 0 bridgehead atoms. The zero-order chi connectivity index (χ0) is 15.2. The molecule has 0 saturated heterocycles. The van der Waals surface area contributed by atoms with E-state index in [0.717, 1.165) is 22.9 Å². The summed E-state index contributed by atoms with van der Waals surface area (Å²) in [6.45, 7) is 8.61. The maximum absolute atomic E-state index is 4.52. The van der Waals surface area contributed by atoms with Crippen LogP contribution in [0.5, 0.6) is 0 Å². The van der Waals surface area contributed by atoms with Crippen molar-refractivity contribution in [1.82, 2.24) is 14.8 Å². The molecular formula is C15H22N6. The van der Waals surface area contributed by atoms with Gasteiger partial charge < -0.3 is 15.2 Å². The smallest absolute Gasteiger partial charge is 0.153 e. The maximum Gasteiger partial charge on any atom is 0.153 e. The minimum Gasteiger partial charge on any atom is -0.358 e. The number of aliphatic imine (C=N–C) groups is 1. The molecule has 6 nitrogen and oxygen atoms in total. The molecule has 21 heavy (non-hydrogen) atoms. The molecule has 0 fully saturated rings. The Kier molecular flexibility index (Phi) is 3.04. The quantitative estimate of drug-likeness (QED) is 0.892. The molecule has 1 aliphatic rings. The van der Waals surface area contributed by atoms with Gasteiger partial charge in [-0.3, -0.25) is 4.68 Å².